The number of rotatable bonds is 4. The molecule has 1 saturated carbocycles. The Morgan fingerprint density at radius 2 is 2.44 bits per heavy atom. The van der Waals surface area contributed by atoms with E-state index in [-0.39, 0.29) is 0 Å². The van der Waals surface area contributed by atoms with Crippen molar-refractivity contribution in [3.63, 3.8) is 0 Å². The number of nitrogens with one attached hydrogen (secondary N) is 1. The van der Waals surface area contributed by atoms with Crippen LogP contribution in [0.25, 0.3) is 0 Å². The molecule has 0 saturated heterocycles. The van der Waals surface area contributed by atoms with Crippen molar-refractivity contribution < 1.29 is 0 Å². The highest BCUT2D eigenvalue weighted by atomic mass is 32.2. The van der Waals surface area contributed by atoms with E-state index in [1.807, 2.05) is 11.8 Å². The van der Waals surface area contributed by atoms with E-state index < -0.39 is 0 Å². The fourth-order valence-electron chi connectivity index (χ4n) is 1.55. The molecule has 1 fully saturated rings. The van der Waals surface area contributed by atoms with Gasteiger partial charge in [-0.05, 0) is 25.2 Å². The zero-order valence-corrected chi connectivity index (χ0v) is 9.97. The highest BCUT2D eigenvalue weighted by Gasteiger charge is 2.41. The lowest BCUT2D eigenvalue weighted by atomic mass is 10.2. The van der Waals surface area contributed by atoms with E-state index >= 15 is 0 Å². The molecule has 0 amide bonds. The summed E-state index contributed by atoms with van der Waals surface area (Å²) in [5.41, 5.74) is 6.76. The first-order chi connectivity index (χ1) is 7.71. The zero-order chi connectivity index (χ0) is 11.6. The minimum absolute atomic E-state index is 0.358. The van der Waals surface area contributed by atoms with Crippen molar-refractivity contribution in [2.75, 3.05) is 23.9 Å². The zero-order valence-electron chi connectivity index (χ0n) is 9.16. The summed E-state index contributed by atoms with van der Waals surface area (Å²) in [7, 11) is 0. The highest BCUT2D eigenvalue weighted by molar-refractivity contribution is 8.00. The van der Waals surface area contributed by atoms with E-state index in [0.717, 1.165) is 6.54 Å². The van der Waals surface area contributed by atoms with Crippen molar-refractivity contribution in [1.82, 2.24) is 4.98 Å². The maximum absolute atomic E-state index is 8.84. The number of pyridine rings is 1. The summed E-state index contributed by atoms with van der Waals surface area (Å²) >= 11 is 1.88. The molecule has 0 spiro atoms. The number of thioether (sulfide) groups is 1. The molecular formula is C11H14N4S. The molecule has 0 atom stereocenters. The van der Waals surface area contributed by atoms with Gasteiger partial charge in [0.15, 0.2) is 5.82 Å². The molecule has 1 aromatic heterocycles. The lowest BCUT2D eigenvalue weighted by Crippen LogP contribution is -2.19. The van der Waals surface area contributed by atoms with Crippen LogP contribution in [0.15, 0.2) is 12.3 Å². The first-order valence-electron chi connectivity index (χ1n) is 5.14. The van der Waals surface area contributed by atoms with Gasteiger partial charge in [0, 0.05) is 17.5 Å². The van der Waals surface area contributed by atoms with Gasteiger partial charge in [-0.25, -0.2) is 4.98 Å². The first-order valence-corrected chi connectivity index (χ1v) is 6.37. The van der Waals surface area contributed by atoms with Gasteiger partial charge >= 0.3 is 0 Å². The molecule has 5 heteroatoms. The van der Waals surface area contributed by atoms with Crippen LogP contribution >= 0.6 is 11.8 Å². The van der Waals surface area contributed by atoms with Gasteiger partial charge in [0.25, 0.3) is 0 Å². The number of hydrogen-bond acceptors (Lipinski definition) is 5. The van der Waals surface area contributed by atoms with Crippen molar-refractivity contribution in [2.24, 2.45) is 0 Å². The molecule has 1 heterocycles. The Hall–Kier alpha value is -1.41. The third kappa shape index (κ3) is 2.07. The largest absolute Gasteiger partial charge is 0.395 e. The van der Waals surface area contributed by atoms with Gasteiger partial charge in [-0.15, -0.1) is 0 Å². The fraction of sp³-hybridized carbons (Fsp3) is 0.455. The number of nitriles is 1. The van der Waals surface area contributed by atoms with Gasteiger partial charge < -0.3 is 11.1 Å². The summed E-state index contributed by atoms with van der Waals surface area (Å²) in [6.45, 7) is 0.861. The van der Waals surface area contributed by atoms with E-state index in [0.29, 0.717) is 21.8 Å². The summed E-state index contributed by atoms with van der Waals surface area (Å²) < 4.78 is 0.358. The van der Waals surface area contributed by atoms with Gasteiger partial charge in [0.05, 0.1) is 11.3 Å². The van der Waals surface area contributed by atoms with Crippen LogP contribution in [0.5, 0.6) is 0 Å². The van der Waals surface area contributed by atoms with Crippen LogP contribution in [-0.2, 0) is 0 Å². The van der Waals surface area contributed by atoms with Gasteiger partial charge in [-0.2, -0.15) is 17.0 Å². The predicted octanol–water partition coefficient (Wildman–Crippen LogP) is 1.84. The van der Waals surface area contributed by atoms with Crippen LogP contribution < -0.4 is 11.1 Å². The average Bonchev–Trinajstić information content (AvgIpc) is 3.08. The van der Waals surface area contributed by atoms with E-state index in [1.54, 1.807) is 12.3 Å². The summed E-state index contributed by atoms with van der Waals surface area (Å²) in [4.78, 5) is 4.16. The second-order valence-corrected chi connectivity index (χ2v) is 5.25. The van der Waals surface area contributed by atoms with Gasteiger partial charge in [-0.3, -0.25) is 0 Å². The molecule has 3 N–H and O–H groups in total. The van der Waals surface area contributed by atoms with E-state index in [2.05, 4.69) is 22.6 Å². The first kappa shape index (κ1) is 11.1. The SMILES string of the molecule is CSC1(CNc2nccc(C#N)c2N)CC1. The molecule has 0 unspecified atom stereocenters. The number of hydrogen-bond donors (Lipinski definition) is 2. The molecule has 0 bridgehead atoms. The molecule has 0 radical (unpaired) electrons. The Bertz CT molecular complexity index is 434. The van der Waals surface area contributed by atoms with Gasteiger partial charge in [-0.1, -0.05) is 0 Å². The van der Waals surface area contributed by atoms with E-state index in [9.17, 15) is 0 Å². The summed E-state index contributed by atoms with van der Waals surface area (Å²) in [6.07, 6.45) is 6.20. The molecule has 1 aliphatic carbocycles. The fourth-order valence-corrected chi connectivity index (χ4v) is 2.28. The third-order valence-corrected chi connectivity index (χ3v) is 4.35. The molecule has 84 valence electrons. The van der Waals surface area contributed by atoms with E-state index in [1.165, 1.54) is 12.8 Å². The minimum atomic E-state index is 0.358. The van der Waals surface area contributed by atoms with E-state index in [4.69, 9.17) is 11.0 Å². The van der Waals surface area contributed by atoms with Crippen LogP contribution in [0.1, 0.15) is 18.4 Å². The lowest BCUT2D eigenvalue weighted by Gasteiger charge is -2.14. The van der Waals surface area contributed by atoms with Crippen LogP contribution in [0.4, 0.5) is 11.5 Å². The second kappa shape index (κ2) is 4.22. The Labute approximate surface area is 99.2 Å². The van der Waals surface area contributed by atoms with Gasteiger partial charge in [0.1, 0.15) is 6.07 Å². The van der Waals surface area contributed by atoms with Gasteiger partial charge in [0.2, 0.25) is 0 Å². The number of nitrogens with zero attached hydrogens (tertiary/aromatic N) is 2. The monoisotopic (exact) mass is 234 g/mol. The molecule has 0 aliphatic heterocycles. The van der Waals surface area contributed by atoms with Crippen molar-refractivity contribution in [1.29, 1.82) is 5.26 Å². The molecule has 4 nitrogen and oxygen atoms in total. The second-order valence-electron chi connectivity index (χ2n) is 3.97. The number of nitrogen functional groups attached to an aromatic ring is 1. The average molecular weight is 234 g/mol. The maximum Gasteiger partial charge on any atom is 0.150 e. The van der Waals surface area contributed by atoms with Crippen LogP contribution in [-0.4, -0.2) is 22.5 Å². The number of nitrogens with two attached hydrogens (primary N) is 1. The molecule has 1 aromatic rings. The summed E-state index contributed by atoms with van der Waals surface area (Å²) in [5, 5.41) is 12.1. The van der Waals surface area contributed by atoms with Crippen molar-refractivity contribution in [2.45, 2.75) is 17.6 Å². The predicted molar refractivity (Wildman–Crippen MR) is 67.3 cm³/mol. The number of aromatic nitrogens is 1. The smallest absolute Gasteiger partial charge is 0.150 e. The molecule has 16 heavy (non-hydrogen) atoms. The van der Waals surface area contributed by atoms with Crippen molar-refractivity contribution >= 4 is 23.3 Å². The standard InChI is InChI=1S/C11H14N4S/c1-16-11(3-4-11)7-15-10-9(13)8(6-12)2-5-14-10/h2,5H,3-4,7,13H2,1H3,(H,14,15). The van der Waals surface area contributed by atoms with Crippen LogP contribution in [0.3, 0.4) is 0 Å². The Balaban J connectivity index is 2.08. The molecular weight excluding hydrogens is 220 g/mol. The van der Waals surface area contributed by atoms with Crippen molar-refractivity contribution in [3.8, 4) is 6.07 Å². The highest BCUT2D eigenvalue weighted by Crippen LogP contribution is 2.47. The summed E-state index contributed by atoms with van der Waals surface area (Å²) in [6, 6.07) is 3.68. The Kier molecular flexibility index (Phi) is 2.92. The Morgan fingerprint density at radius 3 is 3.00 bits per heavy atom. The Morgan fingerprint density at radius 1 is 1.69 bits per heavy atom. The maximum atomic E-state index is 8.84. The third-order valence-electron chi connectivity index (χ3n) is 2.93. The quantitative estimate of drug-likeness (QED) is 0.831. The molecule has 0 aromatic carbocycles. The molecule has 1 aliphatic rings. The summed E-state index contributed by atoms with van der Waals surface area (Å²) in [5.74, 6) is 0.624. The topological polar surface area (TPSA) is 74.7 Å². The van der Waals surface area contributed by atoms with Crippen molar-refractivity contribution in [3.05, 3.63) is 17.8 Å². The normalized spacial score (nSPS) is 16.5. The number of anilines is 2. The lowest BCUT2D eigenvalue weighted by molar-refractivity contribution is 0.941. The minimum Gasteiger partial charge on any atom is -0.395 e. The van der Waals surface area contributed by atoms with Crippen LogP contribution in [0.2, 0.25) is 0 Å². The molecule has 2 rings (SSSR count). The van der Waals surface area contributed by atoms with Crippen LogP contribution in [0, 0.1) is 11.3 Å².